The Kier molecular flexibility index (Phi) is 8.03. The van der Waals surface area contributed by atoms with E-state index in [0.29, 0.717) is 24.7 Å². The van der Waals surface area contributed by atoms with Crippen LogP contribution in [-0.4, -0.2) is 12.4 Å². The van der Waals surface area contributed by atoms with Gasteiger partial charge in [-0.05, 0) is 56.2 Å². The summed E-state index contributed by atoms with van der Waals surface area (Å²) in [5.74, 6) is 0.867. The van der Waals surface area contributed by atoms with E-state index in [1.54, 1.807) is 13.0 Å². The van der Waals surface area contributed by atoms with Crippen LogP contribution in [-0.2, 0) is 11.2 Å². The molecule has 2 nitrogen and oxygen atoms in total. The summed E-state index contributed by atoms with van der Waals surface area (Å²) in [6.07, 6.45) is 5.47. The van der Waals surface area contributed by atoms with Crippen molar-refractivity contribution in [2.75, 3.05) is 6.61 Å². The van der Waals surface area contributed by atoms with Crippen molar-refractivity contribution in [2.45, 2.75) is 59.3 Å². The molecule has 1 rings (SSSR count). The minimum absolute atomic E-state index is 0.248. The highest BCUT2D eigenvalue weighted by Crippen LogP contribution is 2.21. The van der Waals surface area contributed by atoms with Crippen LogP contribution >= 0.6 is 0 Å². The molecule has 0 bridgehead atoms. The van der Waals surface area contributed by atoms with E-state index in [1.165, 1.54) is 6.07 Å². The van der Waals surface area contributed by atoms with E-state index in [2.05, 4.69) is 13.8 Å². The molecule has 0 spiro atoms. The van der Waals surface area contributed by atoms with Crippen LogP contribution in [0, 0.1) is 11.7 Å². The molecule has 0 fully saturated rings. The number of ether oxygens (including phenoxy) is 1. The number of rotatable bonds is 10. The van der Waals surface area contributed by atoms with Crippen molar-refractivity contribution >= 4 is 5.78 Å². The number of aryl methyl sites for hydroxylation is 1. The van der Waals surface area contributed by atoms with Gasteiger partial charge in [0.1, 0.15) is 5.78 Å². The van der Waals surface area contributed by atoms with Crippen LogP contribution in [0.3, 0.4) is 0 Å². The van der Waals surface area contributed by atoms with Gasteiger partial charge in [0, 0.05) is 6.42 Å². The maximum Gasteiger partial charge on any atom is 0.165 e. The molecular formula is C18H27FO2. The highest BCUT2D eigenvalue weighted by atomic mass is 19.1. The fourth-order valence-corrected chi connectivity index (χ4v) is 2.10. The second-order valence-electron chi connectivity index (χ2n) is 6.06. The van der Waals surface area contributed by atoms with Gasteiger partial charge in [-0.15, -0.1) is 0 Å². The second-order valence-corrected chi connectivity index (χ2v) is 6.06. The van der Waals surface area contributed by atoms with Gasteiger partial charge in [0.25, 0.3) is 0 Å². The fourth-order valence-electron chi connectivity index (χ4n) is 2.10. The summed E-state index contributed by atoms with van der Waals surface area (Å²) in [5.41, 5.74) is 1.10. The highest BCUT2D eigenvalue weighted by molar-refractivity contribution is 5.75. The summed E-state index contributed by atoms with van der Waals surface area (Å²) < 4.78 is 19.2. The van der Waals surface area contributed by atoms with Crippen LogP contribution in [0.5, 0.6) is 5.75 Å². The first-order valence-corrected chi connectivity index (χ1v) is 7.89. The minimum Gasteiger partial charge on any atom is -0.490 e. The SMILES string of the molecule is CC(=O)CCCCCc1ccc(F)c(OCCC(C)C)c1. The maximum atomic E-state index is 13.7. The standard InChI is InChI=1S/C18H27FO2/c1-14(2)11-12-21-18-13-16(9-10-17(18)19)8-6-4-5-7-15(3)20/h9-10,13-14H,4-8,11-12H2,1-3H3. The number of ketones is 1. The number of unbranched alkanes of at least 4 members (excludes halogenated alkanes) is 2. The highest BCUT2D eigenvalue weighted by Gasteiger charge is 2.06. The van der Waals surface area contributed by atoms with Gasteiger partial charge in [0.05, 0.1) is 6.61 Å². The lowest BCUT2D eigenvalue weighted by Crippen LogP contribution is -2.03. The largest absolute Gasteiger partial charge is 0.490 e. The number of Topliss-reactive ketones (excluding diaryl/α,β-unsaturated/α-hetero) is 1. The molecule has 21 heavy (non-hydrogen) atoms. The smallest absolute Gasteiger partial charge is 0.165 e. The number of carbonyl (C=O) groups excluding carboxylic acids is 1. The van der Waals surface area contributed by atoms with E-state index >= 15 is 0 Å². The van der Waals surface area contributed by atoms with Crippen molar-refractivity contribution in [2.24, 2.45) is 5.92 Å². The van der Waals surface area contributed by atoms with Gasteiger partial charge >= 0.3 is 0 Å². The zero-order valence-corrected chi connectivity index (χ0v) is 13.5. The molecule has 0 aliphatic carbocycles. The molecule has 0 unspecified atom stereocenters. The summed E-state index contributed by atoms with van der Waals surface area (Å²) in [6, 6.07) is 5.10. The third-order valence-corrected chi connectivity index (χ3v) is 3.44. The minimum atomic E-state index is -0.293. The molecule has 0 N–H and O–H groups in total. The number of carbonyl (C=O) groups is 1. The van der Waals surface area contributed by atoms with Crippen LogP contribution in [0.2, 0.25) is 0 Å². The molecule has 0 aliphatic rings. The molecule has 0 aliphatic heterocycles. The lowest BCUT2D eigenvalue weighted by atomic mass is 10.0. The van der Waals surface area contributed by atoms with Crippen molar-refractivity contribution < 1.29 is 13.9 Å². The molecule has 3 heteroatoms. The molecule has 0 radical (unpaired) electrons. The quantitative estimate of drug-likeness (QED) is 0.571. The van der Waals surface area contributed by atoms with Crippen LogP contribution in [0.25, 0.3) is 0 Å². The predicted molar refractivity (Wildman–Crippen MR) is 84.2 cm³/mol. The van der Waals surface area contributed by atoms with Gasteiger partial charge in [-0.3, -0.25) is 0 Å². The molecule has 0 saturated heterocycles. The fraction of sp³-hybridized carbons (Fsp3) is 0.611. The lowest BCUT2D eigenvalue weighted by Gasteiger charge is -2.10. The summed E-state index contributed by atoms with van der Waals surface area (Å²) in [5, 5.41) is 0. The van der Waals surface area contributed by atoms with Crippen LogP contribution in [0.4, 0.5) is 4.39 Å². The number of hydrogen-bond donors (Lipinski definition) is 0. The average molecular weight is 294 g/mol. The van der Waals surface area contributed by atoms with Gasteiger partial charge in [-0.2, -0.15) is 0 Å². The van der Waals surface area contributed by atoms with Crippen LogP contribution in [0.15, 0.2) is 18.2 Å². The van der Waals surface area contributed by atoms with Crippen molar-refractivity contribution in [3.8, 4) is 5.75 Å². The predicted octanol–water partition coefficient (Wildman–Crippen LogP) is 4.94. The third-order valence-electron chi connectivity index (χ3n) is 3.44. The molecule has 0 aromatic heterocycles. The van der Waals surface area contributed by atoms with Gasteiger partial charge in [-0.25, -0.2) is 4.39 Å². The number of benzene rings is 1. The molecular weight excluding hydrogens is 267 g/mol. The number of halogens is 1. The van der Waals surface area contributed by atoms with E-state index in [-0.39, 0.29) is 11.6 Å². The molecule has 0 saturated carbocycles. The van der Waals surface area contributed by atoms with E-state index < -0.39 is 0 Å². The van der Waals surface area contributed by atoms with E-state index in [1.807, 2.05) is 6.07 Å². The van der Waals surface area contributed by atoms with E-state index in [4.69, 9.17) is 4.74 Å². The first-order chi connectivity index (χ1) is 9.99. The van der Waals surface area contributed by atoms with Gasteiger partial charge in [-0.1, -0.05) is 26.3 Å². The average Bonchev–Trinajstić information content (AvgIpc) is 2.41. The first-order valence-electron chi connectivity index (χ1n) is 7.89. The molecule has 118 valence electrons. The van der Waals surface area contributed by atoms with Crippen LogP contribution < -0.4 is 4.74 Å². The Hall–Kier alpha value is -1.38. The topological polar surface area (TPSA) is 26.3 Å². The van der Waals surface area contributed by atoms with Crippen molar-refractivity contribution in [1.82, 2.24) is 0 Å². The normalized spacial score (nSPS) is 10.9. The Bertz CT molecular complexity index is 441. The summed E-state index contributed by atoms with van der Waals surface area (Å²) in [7, 11) is 0. The Labute approximate surface area is 127 Å². The monoisotopic (exact) mass is 294 g/mol. The summed E-state index contributed by atoms with van der Waals surface area (Å²) >= 11 is 0. The van der Waals surface area contributed by atoms with E-state index in [9.17, 15) is 9.18 Å². The lowest BCUT2D eigenvalue weighted by molar-refractivity contribution is -0.117. The van der Waals surface area contributed by atoms with Crippen LogP contribution in [0.1, 0.15) is 58.4 Å². The zero-order chi connectivity index (χ0) is 15.7. The number of hydrogen-bond acceptors (Lipinski definition) is 2. The summed E-state index contributed by atoms with van der Waals surface area (Å²) in [6.45, 7) is 6.42. The third kappa shape index (κ3) is 7.84. The Morgan fingerprint density at radius 3 is 2.67 bits per heavy atom. The first kappa shape index (κ1) is 17.7. The molecule has 0 atom stereocenters. The summed E-state index contributed by atoms with van der Waals surface area (Å²) in [4.78, 5) is 10.8. The van der Waals surface area contributed by atoms with Gasteiger partial charge in [0.15, 0.2) is 11.6 Å². The zero-order valence-electron chi connectivity index (χ0n) is 13.5. The molecule has 1 aromatic rings. The molecule has 0 amide bonds. The van der Waals surface area contributed by atoms with Gasteiger partial charge < -0.3 is 9.53 Å². The van der Waals surface area contributed by atoms with Gasteiger partial charge in [0.2, 0.25) is 0 Å². The second kappa shape index (κ2) is 9.54. The van der Waals surface area contributed by atoms with Crippen molar-refractivity contribution in [1.29, 1.82) is 0 Å². The maximum absolute atomic E-state index is 13.7. The molecule has 1 aromatic carbocycles. The Morgan fingerprint density at radius 2 is 2.00 bits per heavy atom. The molecule has 0 heterocycles. The van der Waals surface area contributed by atoms with E-state index in [0.717, 1.165) is 37.7 Å². The van der Waals surface area contributed by atoms with Crippen molar-refractivity contribution in [3.63, 3.8) is 0 Å². The Balaban J connectivity index is 2.39. The Morgan fingerprint density at radius 1 is 1.24 bits per heavy atom. The van der Waals surface area contributed by atoms with Crippen molar-refractivity contribution in [3.05, 3.63) is 29.6 Å².